The van der Waals surface area contributed by atoms with Crippen molar-refractivity contribution in [2.45, 2.75) is 32.7 Å². The lowest BCUT2D eigenvalue weighted by Gasteiger charge is -2.11. The van der Waals surface area contributed by atoms with Gasteiger partial charge in [-0.2, -0.15) is 0 Å². The summed E-state index contributed by atoms with van der Waals surface area (Å²) in [5, 5.41) is 0. The van der Waals surface area contributed by atoms with Crippen LogP contribution in [0.2, 0.25) is 0 Å². The average molecular weight is 181 g/mol. The molecule has 0 bridgehead atoms. The lowest BCUT2D eigenvalue weighted by Crippen LogP contribution is -2.10. The van der Waals surface area contributed by atoms with Crippen LogP contribution in [0.4, 0.5) is 4.39 Å². The van der Waals surface area contributed by atoms with Gasteiger partial charge in [0, 0.05) is 6.04 Å². The van der Waals surface area contributed by atoms with E-state index in [4.69, 9.17) is 5.73 Å². The van der Waals surface area contributed by atoms with Gasteiger partial charge < -0.3 is 5.73 Å². The highest BCUT2D eigenvalue weighted by atomic mass is 19.1. The molecule has 0 saturated heterocycles. The minimum atomic E-state index is -0.163. The molecule has 1 nitrogen and oxygen atoms in total. The van der Waals surface area contributed by atoms with Crippen molar-refractivity contribution < 1.29 is 4.39 Å². The Morgan fingerprint density at radius 3 is 2.69 bits per heavy atom. The summed E-state index contributed by atoms with van der Waals surface area (Å²) in [6, 6.07) is 5.19. The molecule has 0 aromatic heterocycles. The Labute approximate surface area is 78.8 Å². The molecule has 2 N–H and O–H groups in total. The van der Waals surface area contributed by atoms with Crippen LogP contribution in [-0.2, 0) is 0 Å². The van der Waals surface area contributed by atoms with Crippen molar-refractivity contribution in [1.29, 1.82) is 0 Å². The molecule has 0 radical (unpaired) electrons. The van der Waals surface area contributed by atoms with Gasteiger partial charge >= 0.3 is 0 Å². The Balaban J connectivity index is 2.84. The van der Waals surface area contributed by atoms with Crippen molar-refractivity contribution >= 4 is 0 Å². The second-order valence-electron chi connectivity index (χ2n) is 3.40. The van der Waals surface area contributed by atoms with Gasteiger partial charge in [-0.05, 0) is 30.5 Å². The first kappa shape index (κ1) is 10.2. The number of aryl methyl sites for hydroxylation is 1. The first-order chi connectivity index (χ1) is 6.15. The molecule has 1 aromatic carbocycles. The summed E-state index contributed by atoms with van der Waals surface area (Å²) in [6.07, 6.45) is 1.93. The molecule has 1 unspecified atom stereocenters. The van der Waals surface area contributed by atoms with Crippen LogP contribution >= 0.6 is 0 Å². The van der Waals surface area contributed by atoms with Crippen molar-refractivity contribution in [3.63, 3.8) is 0 Å². The summed E-state index contributed by atoms with van der Waals surface area (Å²) >= 11 is 0. The van der Waals surface area contributed by atoms with Crippen LogP contribution in [0.15, 0.2) is 18.2 Å². The molecule has 0 aliphatic carbocycles. The smallest absolute Gasteiger partial charge is 0.126 e. The maximum atomic E-state index is 13.1. The summed E-state index contributed by atoms with van der Waals surface area (Å²) in [4.78, 5) is 0. The number of hydrogen-bond donors (Lipinski definition) is 1. The third-order valence-electron chi connectivity index (χ3n) is 2.22. The van der Waals surface area contributed by atoms with Crippen LogP contribution < -0.4 is 5.73 Å². The zero-order valence-corrected chi connectivity index (χ0v) is 8.18. The summed E-state index contributed by atoms with van der Waals surface area (Å²) in [7, 11) is 0. The molecule has 13 heavy (non-hydrogen) atoms. The van der Waals surface area contributed by atoms with Gasteiger partial charge in [-0.25, -0.2) is 4.39 Å². The fraction of sp³-hybridized carbons (Fsp3) is 0.455. The van der Waals surface area contributed by atoms with Gasteiger partial charge in [0.15, 0.2) is 0 Å². The zero-order chi connectivity index (χ0) is 9.84. The fourth-order valence-corrected chi connectivity index (χ4v) is 1.32. The third-order valence-corrected chi connectivity index (χ3v) is 2.22. The molecule has 0 saturated carbocycles. The molecule has 0 spiro atoms. The minimum absolute atomic E-state index is 0.0277. The Hall–Kier alpha value is -0.890. The predicted molar refractivity (Wildman–Crippen MR) is 53.0 cm³/mol. The van der Waals surface area contributed by atoms with E-state index >= 15 is 0 Å². The van der Waals surface area contributed by atoms with Gasteiger partial charge in [0.25, 0.3) is 0 Å². The van der Waals surface area contributed by atoms with E-state index in [0.29, 0.717) is 5.56 Å². The maximum absolute atomic E-state index is 13.1. The molecule has 1 aromatic rings. The first-order valence-corrected chi connectivity index (χ1v) is 4.66. The van der Waals surface area contributed by atoms with E-state index in [1.807, 2.05) is 6.07 Å². The van der Waals surface area contributed by atoms with E-state index in [0.717, 1.165) is 18.4 Å². The van der Waals surface area contributed by atoms with Crippen LogP contribution in [0, 0.1) is 12.7 Å². The van der Waals surface area contributed by atoms with Crippen LogP contribution in [0.3, 0.4) is 0 Å². The Kier molecular flexibility index (Phi) is 3.43. The Morgan fingerprint density at radius 2 is 2.15 bits per heavy atom. The van der Waals surface area contributed by atoms with Crippen LogP contribution in [0.25, 0.3) is 0 Å². The summed E-state index contributed by atoms with van der Waals surface area (Å²) < 4.78 is 13.1. The largest absolute Gasteiger partial charge is 0.324 e. The molecular formula is C11H16FN. The number of nitrogens with two attached hydrogens (primary N) is 1. The lowest BCUT2D eigenvalue weighted by molar-refractivity contribution is 0.599. The van der Waals surface area contributed by atoms with Crippen molar-refractivity contribution in [3.8, 4) is 0 Å². The second kappa shape index (κ2) is 4.38. The average Bonchev–Trinajstić information content (AvgIpc) is 2.10. The summed E-state index contributed by atoms with van der Waals surface area (Å²) in [5.41, 5.74) is 7.42. The molecule has 0 aliphatic rings. The van der Waals surface area contributed by atoms with E-state index in [9.17, 15) is 4.39 Å². The highest BCUT2D eigenvalue weighted by Crippen LogP contribution is 2.18. The number of rotatable bonds is 3. The van der Waals surface area contributed by atoms with E-state index in [1.54, 1.807) is 13.0 Å². The van der Waals surface area contributed by atoms with Crippen molar-refractivity contribution in [3.05, 3.63) is 35.1 Å². The third kappa shape index (κ3) is 2.52. The molecule has 1 atom stereocenters. The molecule has 0 fully saturated rings. The fourth-order valence-electron chi connectivity index (χ4n) is 1.32. The minimum Gasteiger partial charge on any atom is -0.324 e. The van der Waals surface area contributed by atoms with Crippen LogP contribution in [0.5, 0.6) is 0 Å². The maximum Gasteiger partial charge on any atom is 0.126 e. The Morgan fingerprint density at radius 1 is 1.46 bits per heavy atom. The van der Waals surface area contributed by atoms with Crippen LogP contribution in [-0.4, -0.2) is 0 Å². The molecule has 0 amide bonds. The van der Waals surface area contributed by atoms with Gasteiger partial charge in [-0.15, -0.1) is 0 Å². The van der Waals surface area contributed by atoms with E-state index < -0.39 is 0 Å². The monoisotopic (exact) mass is 181 g/mol. The molecule has 1 rings (SSSR count). The number of benzene rings is 1. The molecule has 72 valence electrons. The molecule has 2 heteroatoms. The standard InChI is InChI=1S/C11H16FN/c1-3-4-11(13)9-6-5-8(2)10(12)7-9/h5-7,11H,3-4,13H2,1-2H3. The Bertz CT molecular complexity index is 283. The molecule has 0 heterocycles. The predicted octanol–water partition coefficient (Wildman–Crippen LogP) is 2.93. The van der Waals surface area contributed by atoms with Gasteiger partial charge in [0.05, 0.1) is 0 Å². The van der Waals surface area contributed by atoms with E-state index in [2.05, 4.69) is 6.92 Å². The van der Waals surface area contributed by atoms with Gasteiger partial charge in [-0.1, -0.05) is 25.5 Å². The SMILES string of the molecule is CCCC(N)c1ccc(C)c(F)c1. The van der Waals surface area contributed by atoms with E-state index in [1.165, 1.54) is 6.07 Å². The zero-order valence-electron chi connectivity index (χ0n) is 8.18. The quantitative estimate of drug-likeness (QED) is 0.762. The van der Waals surface area contributed by atoms with Gasteiger partial charge in [-0.3, -0.25) is 0 Å². The number of halogens is 1. The topological polar surface area (TPSA) is 26.0 Å². The number of hydrogen-bond acceptors (Lipinski definition) is 1. The van der Waals surface area contributed by atoms with Crippen molar-refractivity contribution in [2.75, 3.05) is 0 Å². The summed E-state index contributed by atoms with van der Waals surface area (Å²) in [6.45, 7) is 3.83. The highest BCUT2D eigenvalue weighted by Gasteiger charge is 2.06. The molecular weight excluding hydrogens is 165 g/mol. The van der Waals surface area contributed by atoms with Crippen molar-refractivity contribution in [2.24, 2.45) is 5.73 Å². The van der Waals surface area contributed by atoms with Gasteiger partial charge in [0.1, 0.15) is 5.82 Å². The highest BCUT2D eigenvalue weighted by molar-refractivity contribution is 5.25. The van der Waals surface area contributed by atoms with Crippen LogP contribution in [0.1, 0.15) is 36.9 Å². The van der Waals surface area contributed by atoms with Gasteiger partial charge in [0.2, 0.25) is 0 Å². The normalized spacial score (nSPS) is 12.9. The van der Waals surface area contributed by atoms with Crippen molar-refractivity contribution in [1.82, 2.24) is 0 Å². The first-order valence-electron chi connectivity index (χ1n) is 4.66. The second-order valence-corrected chi connectivity index (χ2v) is 3.40. The summed E-state index contributed by atoms with van der Waals surface area (Å²) in [5.74, 6) is -0.163. The lowest BCUT2D eigenvalue weighted by atomic mass is 10.0. The van der Waals surface area contributed by atoms with E-state index in [-0.39, 0.29) is 11.9 Å². The molecule has 0 aliphatic heterocycles.